The monoisotopic (exact) mass is 2040 g/mol. The average molecular weight is 2040 g/mol. The van der Waals surface area contributed by atoms with E-state index in [1.165, 1.54) is 47.9 Å². The number of aryl methyl sites for hydroxylation is 2. The Kier molecular flexibility index (Phi) is 39.1. The third-order valence-corrected chi connectivity index (χ3v) is 34.1. The van der Waals surface area contributed by atoms with Gasteiger partial charge in [-0.2, -0.15) is 0 Å². The molecule has 8 N–H and O–H groups in total. The molecule has 4 aliphatic heterocycles. The summed E-state index contributed by atoms with van der Waals surface area (Å²) < 4.78 is 1.02. The van der Waals surface area contributed by atoms with Gasteiger partial charge in [-0.25, -0.2) is 19.9 Å². The molecule has 8 aliphatic rings. The van der Waals surface area contributed by atoms with Crippen LogP contribution < -0.4 is 42.5 Å². The van der Waals surface area contributed by atoms with Crippen LogP contribution in [0.3, 0.4) is 0 Å². The van der Waals surface area contributed by atoms with Gasteiger partial charge in [0, 0.05) is 84.5 Å². The highest BCUT2D eigenvalue weighted by atomic mass is 79.9. The first-order valence-electron chi connectivity index (χ1n) is 49.1. The van der Waals surface area contributed by atoms with Crippen LogP contribution in [-0.2, 0) is 38.4 Å². The fourth-order valence-electron chi connectivity index (χ4n) is 20.5. The van der Waals surface area contributed by atoms with E-state index >= 15 is 0 Å². The summed E-state index contributed by atoms with van der Waals surface area (Å²) >= 11 is 28.6. The largest absolute Gasteiger partial charge is 0.343 e. The van der Waals surface area contributed by atoms with E-state index in [0.29, 0.717) is 28.2 Å². The standard InChI is InChI=1S/C28H40N4O2S.C25H33BrN4O2S.C25H32Cl2N4O2S.C25H33ClN4O2S/c1-17-13-14-18(2)24(19(17)3)22-16-35-27(30-22)23-12-9-15-32(23)28(34)25(21-10-7-6-8-11-21)31-26(33)20(4)29-5;1-16(27-2)23(31)29-22(17-8-4-3-5-9-17)25(32)30-13-7-12-21(30)24-28-20(15-33-24)18-10-6-11-19(26)14-18;1-15(28-2)23(32)30-22(16-7-4-3-5-8-16)25(33)31-12-6-9-21(31)24-29-20(14-34-24)18-11-10-17(26)13-19(18)27;1-16(27-2)23(31)29-22(17-8-4-3-5-9-17)25(32)30-13-7-12-21(30)24-28-20(15-33-24)18-10-6-11-19(26)14-18/h13-14,16,20-21,23,25,29H,6-12,15H2,1-5H3,(H,31,33);6,10-11,14-17,21-22,27H,3-5,7-9,12-13H2,1-2H3,(H,29,31);10-11,13-16,21-22,28H,3-9,12H2,1-2H3,(H,30,32);6,10-11,14-17,21-22,27H,3-5,7-9,12-13H2,1-2H3,(H,29,31)/t20-,23-,25-;16-,21-,22-;15-,21-,22-;16-,21-,22-/m0000/s1. The minimum absolute atomic E-state index is 0.0172. The number of likely N-dealkylation sites (N-methyl/N-ethyl adjacent to an activating group) is 4. The van der Waals surface area contributed by atoms with Gasteiger partial charge in [-0.15, -0.1) is 45.3 Å². The Bertz CT molecular complexity index is 5160. The second kappa shape index (κ2) is 50.5. The first kappa shape index (κ1) is 105. The molecule has 4 saturated heterocycles. The summed E-state index contributed by atoms with van der Waals surface area (Å²) in [4.78, 5) is 134. The lowest BCUT2D eigenvalue weighted by Gasteiger charge is -2.35. The van der Waals surface area contributed by atoms with Crippen LogP contribution in [0.1, 0.15) is 268 Å². The van der Waals surface area contributed by atoms with Gasteiger partial charge in [0.05, 0.1) is 76.1 Å². The van der Waals surface area contributed by atoms with Gasteiger partial charge in [-0.1, -0.05) is 164 Å². The van der Waals surface area contributed by atoms with Crippen molar-refractivity contribution in [1.82, 2.24) is 82.1 Å². The lowest BCUT2D eigenvalue weighted by molar-refractivity contribution is -0.139. The fraction of sp³-hybridized carbons (Fsp3) is 0.573. The number of thiazole rings is 4. The molecule has 4 aromatic heterocycles. The van der Waals surface area contributed by atoms with Crippen LogP contribution in [0.5, 0.6) is 0 Å². The number of rotatable bonds is 28. The molecule has 0 bridgehead atoms. The predicted molar refractivity (Wildman–Crippen MR) is 550 cm³/mol. The number of carbonyl (C=O) groups excluding carboxylic acids is 8. The molecule has 8 heterocycles. The van der Waals surface area contributed by atoms with E-state index in [-0.39, 0.29) is 119 Å². The molecule has 0 spiro atoms. The topological polar surface area (TPSA) is 297 Å². The van der Waals surface area contributed by atoms with Crippen molar-refractivity contribution in [2.24, 2.45) is 23.7 Å². The summed E-state index contributed by atoms with van der Waals surface area (Å²) in [5.41, 5.74) is 11.5. The number of aromatic nitrogens is 4. The first-order chi connectivity index (χ1) is 65.1. The number of amides is 8. The van der Waals surface area contributed by atoms with E-state index in [9.17, 15) is 38.4 Å². The number of halogens is 4. The van der Waals surface area contributed by atoms with Crippen molar-refractivity contribution in [1.29, 1.82) is 0 Å². The maximum Gasteiger partial charge on any atom is 0.246 e. The van der Waals surface area contributed by atoms with Gasteiger partial charge in [-0.05, 0) is 262 Å². The van der Waals surface area contributed by atoms with E-state index < -0.39 is 24.2 Å². The quantitative estimate of drug-likeness (QED) is 0.0226. The van der Waals surface area contributed by atoms with E-state index in [0.717, 1.165) is 231 Å². The molecule has 0 unspecified atom stereocenters. The Morgan fingerprint density at radius 3 is 0.993 bits per heavy atom. The highest BCUT2D eigenvalue weighted by Crippen LogP contribution is 2.45. The fourth-order valence-corrected chi connectivity index (χ4v) is 25.5. The Morgan fingerprint density at radius 1 is 0.356 bits per heavy atom. The molecule has 32 heteroatoms. The van der Waals surface area contributed by atoms with Gasteiger partial charge in [0.25, 0.3) is 0 Å². The second-order valence-electron chi connectivity index (χ2n) is 38.0. The van der Waals surface area contributed by atoms with Gasteiger partial charge >= 0.3 is 0 Å². The summed E-state index contributed by atoms with van der Waals surface area (Å²) in [6.45, 7) is 16.6. The maximum absolute atomic E-state index is 14.0. The van der Waals surface area contributed by atoms with Crippen LogP contribution in [-0.4, -0.2) is 189 Å². The van der Waals surface area contributed by atoms with Crippen molar-refractivity contribution >= 4 is 143 Å². The Balaban J connectivity index is 0.000000152. The zero-order chi connectivity index (χ0) is 96.1. The molecule has 135 heavy (non-hydrogen) atoms. The highest BCUT2D eigenvalue weighted by molar-refractivity contribution is 9.10. The Morgan fingerprint density at radius 2 is 0.659 bits per heavy atom. The van der Waals surface area contributed by atoms with Crippen molar-refractivity contribution in [2.45, 2.75) is 301 Å². The molecule has 8 aromatic rings. The number of hydrogen-bond donors (Lipinski definition) is 8. The molecule has 8 fully saturated rings. The van der Waals surface area contributed by atoms with Gasteiger partial charge in [0.1, 0.15) is 44.2 Å². The van der Waals surface area contributed by atoms with Gasteiger partial charge in [-0.3, -0.25) is 38.4 Å². The first-order valence-corrected chi connectivity index (χ1v) is 54.6. The second-order valence-corrected chi connectivity index (χ2v) is 43.7. The molecular weight excluding hydrogens is 1900 g/mol. The lowest BCUT2D eigenvalue weighted by Crippen LogP contribution is -2.55. The van der Waals surface area contributed by atoms with Crippen LogP contribution in [0, 0.1) is 44.4 Å². The summed E-state index contributed by atoms with van der Waals surface area (Å²) in [5.74, 6) is 0.505. The molecule has 4 aliphatic carbocycles. The summed E-state index contributed by atoms with van der Waals surface area (Å²) in [7, 11) is 7.06. The van der Waals surface area contributed by atoms with Crippen molar-refractivity contribution in [3.63, 3.8) is 0 Å². The molecule has 4 saturated carbocycles. The van der Waals surface area contributed by atoms with Crippen LogP contribution in [0.25, 0.3) is 45.0 Å². The van der Waals surface area contributed by atoms with E-state index in [1.807, 2.05) is 101 Å². The van der Waals surface area contributed by atoms with Gasteiger partial charge in [0.2, 0.25) is 47.3 Å². The Hall–Kier alpha value is -7.65. The van der Waals surface area contributed by atoms with Crippen LogP contribution in [0.15, 0.2) is 105 Å². The third-order valence-electron chi connectivity index (χ3n) is 29.1. The number of carbonyl (C=O) groups is 8. The number of nitrogens with zero attached hydrogens (tertiary/aromatic N) is 8. The molecule has 16 rings (SSSR count). The highest BCUT2D eigenvalue weighted by Gasteiger charge is 2.46. The summed E-state index contributed by atoms with van der Waals surface area (Å²) in [6, 6.07) is 22.1. The molecule has 8 amide bonds. The third kappa shape index (κ3) is 26.7. The molecule has 730 valence electrons. The molecule has 24 nitrogen and oxygen atoms in total. The molecular formula is C103H138BrCl3N16O8S4. The van der Waals surface area contributed by atoms with Crippen molar-refractivity contribution in [2.75, 3.05) is 54.4 Å². The minimum atomic E-state index is -0.491. The SMILES string of the molecule is CN[C@@H](C)C(=O)N[C@H](C(=O)N1CCC[C@H]1c1nc(-c2c(C)ccc(C)c2C)cs1)C1CCCCC1.CN[C@@H](C)C(=O)N[C@H](C(=O)N1CCC[C@H]1c1nc(-c2ccc(Cl)cc2Cl)cs1)C1CCCCC1.CN[C@@H](C)C(=O)N[C@H](C(=O)N1CCC[C@H]1c1nc(-c2cccc(Br)c2)cs1)C1CCCCC1.CN[C@@H](C)C(=O)N[C@H](C(=O)N1CCC[C@H]1c1nc(-c2cccc(Cl)c2)cs1)C1CCCCC1. The van der Waals surface area contributed by atoms with E-state index in [4.69, 9.17) is 54.7 Å². The normalized spacial score (nSPS) is 20.9. The maximum atomic E-state index is 14.0. The summed E-state index contributed by atoms with van der Waals surface area (Å²) in [5, 5.41) is 38.3. The molecule has 4 aromatic carbocycles. The van der Waals surface area contributed by atoms with E-state index in [1.54, 1.807) is 85.7 Å². The smallest absolute Gasteiger partial charge is 0.246 e. The van der Waals surface area contributed by atoms with Crippen LogP contribution in [0.4, 0.5) is 0 Å². The zero-order valence-electron chi connectivity index (χ0n) is 80.2. The van der Waals surface area contributed by atoms with Crippen LogP contribution >= 0.6 is 96.1 Å². The van der Waals surface area contributed by atoms with E-state index in [2.05, 4.69) is 114 Å². The lowest BCUT2D eigenvalue weighted by atomic mass is 9.83. The van der Waals surface area contributed by atoms with Gasteiger partial charge in [0.15, 0.2) is 0 Å². The average Bonchev–Trinajstić information content (AvgIpc) is 1.63. The summed E-state index contributed by atoms with van der Waals surface area (Å²) in [6.07, 6.45) is 29.0. The Labute approximate surface area is 837 Å². The zero-order valence-corrected chi connectivity index (χ0v) is 87.3. The number of nitrogens with one attached hydrogen (secondary N) is 8. The predicted octanol–water partition coefficient (Wildman–Crippen LogP) is 20.2. The minimum Gasteiger partial charge on any atom is -0.343 e. The number of likely N-dealkylation sites (tertiary alicyclic amines) is 4. The van der Waals surface area contributed by atoms with Crippen LogP contribution in [0.2, 0.25) is 15.1 Å². The van der Waals surface area contributed by atoms with Crippen molar-refractivity contribution in [3.05, 3.63) is 157 Å². The number of benzene rings is 4. The number of hydrogen-bond acceptors (Lipinski definition) is 20. The van der Waals surface area contributed by atoms with Gasteiger partial charge < -0.3 is 62.1 Å². The van der Waals surface area contributed by atoms with Crippen molar-refractivity contribution in [3.8, 4) is 45.0 Å². The van der Waals surface area contributed by atoms with Crippen molar-refractivity contribution < 1.29 is 38.4 Å². The molecule has 12 atom stereocenters. The molecule has 0 radical (unpaired) electrons.